The molecule has 0 bridgehead atoms. The summed E-state index contributed by atoms with van der Waals surface area (Å²) in [5.41, 5.74) is 3.92. The number of aromatic amines is 1. The van der Waals surface area contributed by atoms with Crippen LogP contribution in [-0.2, 0) is 9.59 Å². The number of aryl methyl sites for hydroxylation is 2. The highest BCUT2D eigenvalue weighted by atomic mass is 16.2. The van der Waals surface area contributed by atoms with Gasteiger partial charge in [0.2, 0.25) is 11.8 Å². The van der Waals surface area contributed by atoms with Gasteiger partial charge in [-0.15, -0.1) is 14.8 Å². The highest BCUT2D eigenvalue weighted by Gasteiger charge is 2.19. The number of fused-ring (bicyclic) bond motifs is 2. The van der Waals surface area contributed by atoms with Crippen LogP contribution in [0.4, 0.5) is 0 Å². The number of carbonyl (C=O) groups is 2. The summed E-state index contributed by atoms with van der Waals surface area (Å²) in [6.07, 6.45) is 1.99. The number of aromatic nitrogens is 8. The monoisotopic (exact) mass is 452 g/mol. The Morgan fingerprint density at radius 1 is 0.939 bits per heavy atom. The Labute approximate surface area is 189 Å². The second kappa shape index (κ2) is 8.60. The van der Waals surface area contributed by atoms with Gasteiger partial charge in [-0.05, 0) is 19.9 Å². The van der Waals surface area contributed by atoms with Crippen molar-refractivity contribution in [3.8, 4) is 0 Å². The fourth-order valence-electron chi connectivity index (χ4n) is 3.56. The van der Waals surface area contributed by atoms with E-state index in [4.69, 9.17) is 4.98 Å². The van der Waals surface area contributed by atoms with E-state index in [1.165, 1.54) is 18.5 Å². The van der Waals surface area contributed by atoms with Gasteiger partial charge in [0.25, 0.3) is 0 Å². The van der Waals surface area contributed by atoms with Gasteiger partial charge in [-0.25, -0.2) is 9.97 Å². The second-order valence-electron chi connectivity index (χ2n) is 8.46. The summed E-state index contributed by atoms with van der Waals surface area (Å²) >= 11 is 0. The summed E-state index contributed by atoms with van der Waals surface area (Å²) in [6.45, 7) is 11.7. The average molecular weight is 453 g/mol. The van der Waals surface area contributed by atoms with Crippen LogP contribution in [0.1, 0.15) is 68.1 Å². The van der Waals surface area contributed by atoms with Crippen molar-refractivity contribution >= 4 is 29.2 Å². The van der Waals surface area contributed by atoms with Crippen LogP contribution in [0.5, 0.6) is 0 Å². The molecule has 2 atom stereocenters. The number of hydrogen-bond acceptors (Lipinski definition) is 7. The van der Waals surface area contributed by atoms with E-state index in [0.717, 1.165) is 22.2 Å². The maximum atomic E-state index is 11.2. The molecule has 4 heterocycles. The van der Waals surface area contributed by atoms with Crippen LogP contribution in [0.15, 0.2) is 0 Å². The number of H-pyrrole nitrogens is 1. The zero-order valence-corrected chi connectivity index (χ0v) is 19.6. The molecule has 4 aromatic rings. The lowest BCUT2D eigenvalue weighted by molar-refractivity contribution is -0.119. The summed E-state index contributed by atoms with van der Waals surface area (Å²) in [7, 11) is 0. The predicted molar refractivity (Wildman–Crippen MR) is 121 cm³/mol. The van der Waals surface area contributed by atoms with Gasteiger partial charge < -0.3 is 10.6 Å². The quantitative estimate of drug-likeness (QED) is 0.361. The van der Waals surface area contributed by atoms with Crippen LogP contribution in [-0.4, -0.2) is 64.5 Å². The standard InChI is InChI=1S/C21H28N10O2/c1-10(8-22-14(5)32)18-24-20-16(12(3)26-30(20)28-18)7-17-13(4)27-31-21(17)25-19(29-31)11(2)9-23-15(6)33/h7,10-11,26H,8-9H2,1-6H3,(H,22,32)(H,23,33)/b17-7-. The molecule has 33 heavy (non-hydrogen) atoms. The minimum atomic E-state index is -0.0888. The van der Waals surface area contributed by atoms with E-state index in [0.29, 0.717) is 36.0 Å². The maximum absolute atomic E-state index is 11.2. The molecule has 0 aromatic carbocycles. The molecule has 0 saturated heterocycles. The Kier molecular flexibility index (Phi) is 5.83. The Morgan fingerprint density at radius 3 is 2.12 bits per heavy atom. The third kappa shape index (κ3) is 4.41. The number of amides is 2. The Balaban J connectivity index is 1.72. The van der Waals surface area contributed by atoms with Gasteiger partial charge in [-0.2, -0.15) is 9.73 Å². The first kappa shape index (κ1) is 22.4. The van der Waals surface area contributed by atoms with E-state index >= 15 is 0 Å². The molecule has 0 aliphatic heterocycles. The van der Waals surface area contributed by atoms with Gasteiger partial charge in [0.05, 0.1) is 5.69 Å². The number of nitrogens with zero attached hydrogens (tertiary/aromatic N) is 7. The Bertz CT molecular complexity index is 1400. The molecule has 0 aliphatic carbocycles. The van der Waals surface area contributed by atoms with Crippen molar-refractivity contribution in [2.75, 3.05) is 13.1 Å². The lowest BCUT2D eigenvalue weighted by Gasteiger charge is -2.06. The topological polar surface area (TPSA) is 147 Å². The molecule has 0 radical (unpaired) electrons. The summed E-state index contributed by atoms with van der Waals surface area (Å²) in [4.78, 5) is 31.8. The molecular weight excluding hydrogens is 424 g/mol. The third-order valence-corrected chi connectivity index (χ3v) is 5.51. The van der Waals surface area contributed by atoms with Crippen molar-refractivity contribution in [2.24, 2.45) is 0 Å². The van der Waals surface area contributed by atoms with E-state index in [9.17, 15) is 9.59 Å². The number of hydrogen-bond donors (Lipinski definition) is 3. The Hall–Kier alpha value is -3.83. The van der Waals surface area contributed by atoms with Crippen LogP contribution < -0.4 is 15.9 Å². The van der Waals surface area contributed by atoms with Crippen LogP contribution in [0, 0.1) is 13.8 Å². The van der Waals surface area contributed by atoms with Gasteiger partial charge in [0.15, 0.2) is 22.9 Å². The van der Waals surface area contributed by atoms with E-state index in [1.807, 2.05) is 33.8 Å². The lowest BCUT2D eigenvalue weighted by atomic mass is 10.1. The maximum Gasteiger partial charge on any atom is 0.216 e. The van der Waals surface area contributed by atoms with Gasteiger partial charge in [0.1, 0.15) is 0 Å². The SMILES string of the molecule is CC(=O)NCC(C)c1nc2/c(=C\c3c(C)[nH]n4nc(C(C)CNC(C)=O)nc34)c(C)nn2n1. The molecule has 12 nitrogen and oxygen atoms in total. The van der Waals surface area contributed by atoms with Crippen LogP contribution in [0.3, 0.4) is 0 Å². The molecule has 0 spiro atoms. The van der Waals surface area contributed by atoms with E-state index in [2.05, 4.69) is 36.0 Å². The molecule has 2 amide bonds. The molecule has 12 heteroatoms. The minimum Gasteiger partial charge on any atom is -0.356 e. The van der Waals surface area contributed by atoms with E-state index in [-0.39, 0.29) is 23.7 Å². The molecule has 3 N–H and O–H groups in total. The number of carbonyl (C=O) groups excluding carboxylic acids is 2. The summed E-state index contributed by atoms with van der Waals surface area (Å²) in [6, 6.07) is 0. The van der Waals surface area contributed by atoms with Gasteiger partial charge in [-0.1, -0.05) is 13.8 Å². The van der Waals surface area contributed by atoms with Crippen molar-refractivity contribution in [3.63, 3.8) is 0 Å². The lowest BCUT2D eigenvalue weighted by Crippen LogP contribution is -2.25. The first-order valence-electron chi connectivity index (χ1n) is 10.8. The molecule has 2 unspecified atom stereocenters. The predicted octanol–water partition coefficient (Wildman–Crippen LogP) is 0.139. The molecular formula is C21H28N10O2. The van der Waals surface area contributed by atoms with Gasteiger partial charge in [0, 0.05) is 55.2 Å². The number of nitrogens with one attached hydrogen (secondary N) is 3. The summed E-state index contributed by atoms with van der Waals surface area (Å²) < 4.78 is 3.18. The van der Waals surface area contributed by atoms with Crippen LogP contribution in [0.2, 0.25) is 0 Å². The molecule has 4 rings (SSSR count). The summed E-state index contributed by atoms with van der Waals surface area (Å²) in [5, 5.41) is 23.2. The van der Waals surface area contributed by atoms with Crippen molar-refractivity contribution < 1.29 is 9.59 Å². The zero-order valence-electron chi connectivity index (χ0n) is 19.6. The van der Waals surface area contributed by atoms with Crippen molar-refractivity contribution in [3.05, 3.63) is 33.8 Å². The minimum absolute atomic E-state index is 0.0338. The van der Waals surface area contributed by atoms with Gasteiger partial charge >= 0.3 is 0 Å². The molecule has 4 aromatic heterocycles. The van der Waals surface area contributed by atoms with Gasteiger partial charge in [-0.3, -0.25) is 14.7 Å². The van der Waals surface area contributed by atoms with Crippen LogP contribution >= 0.6 is 0 Å². The highest BCUT2D eigenvalue weighted by Crippen LogP contribution is 2.18. The van der Waals surface area contributed by atoms with E-state index in [1.54, 1.807) is 4.63 Å². The largest absolute Gasteiger partial charge is 0.356 e. The first-order chi connectivity index (χ1) is 15.6. The fraction of sp³-hybridized carbons (Fsp3) is 0.476. The summed E-state index contributed by atoms with van der Waals surface area (Å²) in [5.74, 6) is 1.01. The number of rotatable bonds is 7. The zero-order chi connectivity index (χ0) is 23.9. The Morgan fingerprint density at radius 2 is 1.52 bits per heavy atom. The van der Waals surface area contributed by atoms with E-state index < -0.39 is 0 Å². The fourth-order valence-corrected chi connectivity index (χ4v) is 3.56. The van der Waals surface area contributed by atoms with Crippen molar-refractivity contribution in [1.82, 2.24) is 50.3 Å². The first-order valence-corrected chi connectivity index (χ1v) is 10.8. The average Bonchev–Trinajstić information content (AvgIpc) is 3.46. The normalized spacial score (nSPS) is 14.2. The van der Waals surface area contributed by atoms with Crippen molar-refractivity contribution in [1.29, 1.82) is 0 Å². The third-order valence-electron chi connectivity index (χ3n) is 5.51. The molecule has 0 saturated carbocycles. The molecule has 174 valence electrons. The van der Waals surface area contributed by atoms with Crippen molar-refractivity contribution in [2.45, 2.75) is 53.4 Å². The molecule has 0 fully saturated rings. The van der Waals surface area contributed by atoms with Crippen LogP contribution in [0.25, 0.3) is 17.4 Å². The second-order valence-corrected chi connectivity index (χ2v) is 8.46. The highest BCUT2D eigenvalue weighted by molar-refractivity contribution is 5.73. The smallest absolute Gasteiger partial charge is 0.216 e. The molecule has 0 aliphatic rings.